The topological polar surface area (TPSA) is 79.8 Å². The summed E-state index contributed by atoms with van der Waals surface area (Å²) >= 11 is 0. The lowest BCUT2D eigenvalue weighted by atomic mass is 10.2. The van der Waals surface area contributed by atoms with Crippen molar-refractivity contribution in [2.24, 2.45) is 4.99 Å². The van der Waals surface area contributed by atoms with Crippen LogP contribution in [0.5, 0.6) is 5.75 Å². The summed E-state index contributed by atoms with van der Waals surface area (Å²) in [5, 5.41) is 6.21. The number of hydrogen-bond donors (Lipinski definition) is 2. The average Bonchev–Trinajstić information content (AvgIpc) is 2.53. The Hall–Kier alpha value is -1.76. The number of guanidine groups is 1. The molecule has 0 aliphatic heterocycles. The van der Waals surface area contributed by atoms with E-state index in [4.69, 9.17) is 4.74 Å². The van der Waals surface area contributed by atoms with Gasteiger partial charge < -0.3 is 15.4 Å². The number of para-hydroxylation sites is 1. The van der Waals surface area contributed by atoms with E-state index < -0.39 is 14.6 Å². The number of aliphatic imine (C=N–C) groups is 1. The molecule has 0 amide bonds. The zero-order chi connectivity index (χ0) is 19.8. The third-order valence-electron chi connectivity index (χ3n) is 3.87. The molecule has 1 unspecified atom stereocenters. The van der Waals surface area contributed by atoms with E-state index in [1.54, 1.807) is 20.8 Å². The maximum absolute atomic E-state index is 12.2. The number of hydrogen-bond acceptors (Lipinski definition) is 4. The van der Waals surface area contributed by atoms with Crippen molar-refractivity contribution in [2.45, 2.75) is 52.4 Å². The van der Waals surface area contributed by atoms with Crippen molar-refractivity contribution in [3.05, 3.63) is 29.8 Å². The van der Waals surface area contributed by atoms with Gasteiger partial charge in [0, 0.05) is 13.1 Å². The Morgan fingerprint density at radius 2 is 1.88 bits per heavy atom. The number of aryl methyl sites for hydroxylation is 1. The maximum Gasteiger partial charge on any atom is 0.191 e. The molecule has 0 aliphatic carbocycles. The molecule has 148 valence electrons. The van der Waals surface area contributed by atoms with Crippen molar-refractivity contribution in [3.8, 4) is 5.75 Å². The standard InChI is InChI=1S/C19H33N3O3S/c1-7-20-18(21-12-13-26(23,24)19(4,5)6)22-14-16(3)25-17-11-9-8-10-15(17)2/h8-11,16H,7,12-14H2,1-6H3,(H2,20,21,22). The highest BCUT2D eigenvalue weighted by molar-refractivity contribution is 7.92. The number of rotatable bonds is 8. The van der Waals surface area contributed by atoms with Crippen LogP contribution in [-0.2, 0) is 9.84 Å². The van der Waals surface area contributed by atoms with Crippen molar-refractivity contribution in [2.75, 3.05) is 25.4 Å². The van der Waals surface area contributed by atoms with Crippen LogP contribution in [-0.4, -0.2) is 50.6 Å². The predicted octanol–water partition coefficient (Wildman–Crippen LogP) is 2.53. The van der Waals surface area contributed by atoms with E-state index in [0.717, 1.165) is 11.3 Å². The summed E-state index contributed by atoms with van der Waals surface area (Å²) in [5.74, 6) is 1.51. The van der Waals surface area contributed by atoms with Crippen LogP contribution in [0.25, 0.3) is 0 Å². The van der Waals surface area contributed by atoms with Gasteiger partial charge >= 0.3 is 0 Å². The molecule has 0 aliphatic rings. The summed E-state index contributed by atoms with van der Waals surface area (Å²) in [7, 11) is -3.16. The van der Waals surface area contributed by atoms with Crippen molar-refractivity contribution in [1.29, 1.82) is 0 Å². The van der Waals surface area contributed by atoms with E-state index >= 15 is 0 Å². The molecule has 0 heterocycles. The van der Waals surface area contributed by atoms with Crippen LogP contribution in [0.1, 0.15) is 40.2 Å². The molecule has 0 saturated heterocycles. The molecular weight excluding hydrogens is 350 g/mol. The Bertz CT molecular complexity index is 694. The number of benzene rings is 1. The second-order valence-corrected chi connectivity index (χ2v) is 10.1. The fraction of sp³-hybridized carbons (Fsp3) is 0.632. The Kier molecular flexibility index (Phi) is 8.40. The monoisotopic (exact) mass is 383 g/mol. The van der Waals surface area contributed by atoms with E-state index in [-0.39, 0.29) is 11.9 Å². The van der Waals surface area contributed by atoms with Crippen LogP contribution < -0.4 is 15.4 Å². The molecule has 1 aromatic carbocycles. The van der Waals surface area contributed by atoms with Gasteiger partial charge in [0.25, 0.3) is 0 Å². The Labute approximate surface area is 158 Å². The van der Waals surface area contributed by atoms with E-state index in [1.165, 1.54) is 0 Å². The quantitative estimate of drug-likeness (QED) is 0.533. The van der Waals surface area contributed by atoms with Crippen LogP contribution in [0.2, 0.25) is 0 Å². The van der Waals surface area contributed by atoms with Crippen LogP contribution in [0.15, 0.2) is 29.3 Å². The normalized spacial score (nSPS) is 14.0. The van der Waals surface area contributed by atoms with Crippen LogP contribution >= 0.6 is 0 Å². The Morgan fingerprint density at radius 1 is 1.23 bits per heavy atom. The van der Waals surface area contributed by atoms with Crippen LogP contribution in [0.3, 0.4) is 0 Å². The SMILES string of the molecule is CCNC(=NCC(C)Oc1ccccc1C)NCCS(=O)(=O)C(C)(C)C. The molecule has 0 fully saturated rings. The van der Waals surface area contributed by atoms with Gasteiger partial charge in [0.15, 0.2) is 15.8 Å². The van der Waals surface area contributed by atoms with Crippen molar-refractivity contribution < 1.29 is 13.2 Å². The molecule has 0 saturated carbocycles. The first-order valence-electron chi connectivity index (χ1n) is 9.03. The summed E-state index contributed by atoms with van der Waals surface area (Å²) in [4.78, 5) is 4.50. The van der Waals surface area contributed by atoms with Gasteiger partial charge in [-0.1, -0.05) is 18.2 Å². The van der Waals surface area contributed by atoms with Gasteiger partial charge in [-0.3, -0.25) is 0 Å². The summed E-state index contributed by atoms with van der Waals surface area (Å²) in [5.41, 5.74) is 1.08. The molecular formula is C19H33N3O3S. The highest BCUT2D eigenvalue weighted by Crippen LogP contribution is 2.18. The lowest BCUT2D eigenvalue weighted by molar-refractivity contribution is 0.228. The fourth-order valence-corrected chi connectivity index (χ4v) is 3.10. The van der Waals surface area contributed by atoms with Gasteiger partial charge in [-0.25, -0.2) is 13.4 Å². The average molecular weight is 384 g/mol. The molecule has 0 spiro atoms. The largest absolute Gasteiger partial charge is 0.489 e. The maximum atomic E-state index is 12.2. The minimum Gasteiger partial charge on any atom is -0.489 e. The van der Waals surface area contributed by atoms with Crippen LogP contribution in [0.4, 0.5) is 0 Å². The zero-order valence-corrected chi connectivity index (χ0v) is 17.6. The van der Waals surface area contributed by atoms with Gasteiger partial charge in [0.05, 0.1) is 17.0 Å². The molecule has 2 N–H and O–H groups in total. The zero-order valence-electron chi connectivity index (χ0n) is 16.8. The predicted molar refractivity (Wildman–Crippen MR) is 109 cm³/mol. The van der Waals surface area contributed by atoms with E-state index in [0.29, 0.717) is 25.6 Å². The minimum absolute atomic E-state index is 0.0657. The van der Waals surface area contributed by atoms with E-state index in [1.807, 2.05) is 45.0 Å². The number of nitrogens with zero attached hydrogens (tertiary/aromatic N) is 1. The van der Waals surface area contributed by atoms with Crippen LogP contribution in [0, 0.1) is 6.92 Å². The molecule has 7 heteroatoms. The van der Waals surface area contributed by atoms with Gasteiger partial charge in [0.2, 0.25) is 0 Å². The minimum atomic E-state index is -3.16. The second-order valence-electron chi connectivity index (χ2n) is 7.27. The highest BCUT2D eigenvalue weighted by atomic mass is 32.2. The van der Waals surface area contributed by atoms with E-state index in [2.05, 4.69) is 15.6 Å². The molecule has 6 nitrogen and oxygen atoms in total. The van der Waals surface area contributed by atoms with Gasteiger partial charge in [-0.15, -0.1) is 0 Å². The van der Waals surface area contributed by atoms with E-state index in [9.17, 15) is 8.42 Å². The van der Waals surface area contributed by atoms with Crippen molar-refractivity contribution in [1.82, 2.24) is 10.6 Å². The fourth-order valence-electron chi connectivity index (χ4n) is 2.11. The highest BCUT2D eigenvalue weighted by Gasteiger charge is 2.28. The van der Waals surface area contributed by atoms with Crippen molar-refractivity contribution in [3.63, 3.8) is 0 Å². The third-order valence-corrected chi connectivity index (χ3v) is 6.48. The number of nitrogens with one attached hydrogen (secondary N) is 2. The Morgan fingerprint density at radius 3 is 2.46 bits per heavy atom. The first-order valence-corrected chi connectivity index (χ1v) is 10.7. The third kappa shape index (κ3) is 7.23. The molecule has 0 bridgehead atoms. The molecule has 0 radical (unpaired) electrons. The summed E-state index contributed by atoms with van der Waals surface area (Å²) in [6.07, 6.45) is -0.0927. The van der Waals surface area contributed by atoms with Gasteiger partial charge in [0.1, 0.15) is 11.9 Å². The second kappa shape index (κ2) is 9.80. The summed E-state index contributed by atoms with van der Waals surface area (Å²) in [6, 6.07) is 7.87. The molecule has 26 heavy (non-hydrogen) atoms. The lowest BCUT2D eigenvalue weighted by Crippen LogP contribution is -2.42. The molecule has 0 aromatic heterocycles. The molecule has 1 rings (SSSR count). The first-order chi connectivity index (χ1) is 12.1. The summed E-state index contributed by atoms with van der Waals surface area (Å²) in [6.45, 7) is 12.6. The molecule has 1 atom stereocenters. The first kappa shape index (κ1) is 22.3. The van der Waals surface area contributed by atoms with Gasteiger partial charge in [-0.05, 0) is 53.2 Å². The van der Waals surface area contributed by atoms with Gasteiger partial charge in [-0.2, -0.15) is 0 Å². The Balaban J connectivity index is 2.59. The molecule has 1 aromatic rings. The summed E-state index contributed by atoms with van der Waals surface area (Å²) < 4.78 is 29.5. The smallest absolute Gasteiger partial charge is 0.191 e. The van der Waals surface area contributed by atoms with Crippen molar-refractivity contribution >= 4 is 15.8 Å². The number of ether oxygens (including phenoxy) is 1. The number of sulfone groups is 1. The lowest BCUT2D eigenvalue weighted by Gasteiger charge is -2.20.